The van der Waals surface area contributed by atoms with Crippen molar-refractivity contribution in [3.05, 3.63) is 23.2 Å². The topological polar surface area (TPSA) is 72.9 Å². The number of amides is 1. The second-order valence-electron chi connectivity index (χ2n) is 6.29. The Balaban J connectivity index is 1.76. The molecule has 2 aliphatic heterocycles. The van der Waals surface area contributed by atoms with Crippen LogP contribution in [0.5, 0.6) is 5.75 Å². The number of likely N-dealkylation sites (N-methyl/N-ethyl adjacent to an activating group) is 1. The summed E-state index contributed by atoms with van der Waals surface area (Å²) in [4.78, 5) is 20.4. The molecule has 142 valence electrons. The monoisotopic (exact) mass is 379 g/mol. The molecule has 3 rings (SSSR count). The van der Waals surface area contributed by atoms with Gasteiger partial charge in [-0.1, -0.05) is 17.8 Å². The number of nitrogens with one attached hydrogen (secondary N) is 1. The SMILES string of the molecule is C/C=C(/Sc1ccnc2c1OC[C@@H]1CC(COCOC)CN21)C(=O)NC. The van der Waals surface area contributed by atoms with Crippen molar-refractivity contribution < 1.29 is 19.0 Å². The number of methoxy groups -OCH3 is 1. The van der Waals surface area contributed by atoms with Crippen LogP contribution in [0.25, 0.3) is 0 Å². The van der Waals surface area contributed by atoms with Crippen molar-refractivity contribution in [1.82, 2.24) is 10.3 Å². The molecule has 0 radical (unpaired) electrons. The van der Waals surface area contributed by atoms with Gasteiger partial charge in [-0.15, -0.1) is 0 Å². The summed E-state index contributed by atoms with van der Waals surface area (Å²) in [7, 11) is 3.26. The molecule has 0 aliphatic carbocycles. The van der Waals surface area contributed by atoms with E-state index in [2.05, 4.69) is 15.2 Å². The summed E-state index contributed by atoms with van der Waals surface area (Å²) in [6, 6.07) is 2.21. The van der Waals surface area contributed by atoms with E-state index in [1.165, 1.54) is 11.8 Å². The van der Waals surface area contributed by atoms with Gasteiger partial charge in [-0.05, 0) is 19.4 Å². The first-order chi connectivity index (χ1) is 12.7. The largest absolute Gasteiger partial charge is 0.486 e. The molecule has 8 heteroatoms. The van der Waals surface area contributed by atoms with E-state index in [9.17, 15) is 4.79 Å². The van der Waals surface area contributed by atoms with Crippen molar-refractivity contribution >= 4 is 23.5 Å². The van der Waals surface area contributed by atoms with E-state index in [1.54, 1.807) is 26.4 Å². The van der Waals surface area contributed by atoms with Gasteiger partial charge in [0.25, 0.3) is 5.91 Å². The van der Waals surface area contributed by atoms with E-state index < -0.39 is 0 Å². The van der Waals surface area contributed by atoms with E-state index in [4.69, 9.17) is 14.2 Å². The molecule has 1 aromatic heterocycles. The lowest BCUT2D eigenvalue weighted by molar-refractivity contribution is -0.116. The van der Waals surface area contributed by atoms with Crippen molar-refractivity contribution in [2.45, 2.75) is 24.3 Å². The third-order valence-corrected chi connectivity index (χ3v) is 5.71. The number of thioether (sulfide) groups is 1. The van der Waals surface area contributed by atoms with E-state index in [-0.39, 0.29) is 5.91 Å². The fraction of sp³-hybridized carbons (Fsp3) is 0.556. The Labute approximate surface area is 158 Å². The molecule has 2 aliphatic rings. The Morgan fingerprint density at radius 2 is 2.42 bits per heavy atom. The molecule has 1 N–H and O–H groups in total. The summed E-state index contributed by atoms with van der Waals surface area (Å²) in [5.74, 6) is 1.94. The van der Waals surface area contributed by atoms with E-state index >= 15 is 0 Å². The Bertz CT molecular complexity index is 682. The van der Waals surface area contributed by atoms with Crippen LogP contribution in [0.4, 0.5) is 5.82 Å². The van der Waals surface area contributed by atoms with Gasteiger partial charge < -0.3 is 24.4 Å². The number of anilines is 1. The van der Waals surface area contributed by atoms with Gasteiger partial charge in [0.05, 0.1) is 22.4 Å². The average Bonchev–Trinajstić information content (AvgIpc) is 3.09. The van der Waals surface area contributed by atoms with Crippen molar-refractivity contribution in [2.75, 3.05) is 45.6 Å². The van der Waals surface area contributed by atoms with Crippen LogP contribution in [0.2, 0.25) is 0 Å². The average molecular weight is 379 g/mol. The molecule has 1 aromatic rings. The van der Waals surface area contributed by atoms with Gasteiger partial charge in [0.2, 0.25) is 0 Å². The van der Waals surface area contributed by atoms with E-state index in [1.807, 2.05) is 13.0 Å². The number of hydrogen-bond donors (Lipinski definition) is 1. The molecule has 2 atom stereocenters. The summed E-state index contributed by atoms with van der Waals surface area (Å²) in [5, 5.41) is 2.66. The van der Waals surface area contributed by atoms with Crippen molar-refractivity contribution in [1.29, 1.82) is 0 Å². The van der Waals surface area contributed by atoms with Crippen molar-refractivity contribution in [2.24, 2.45) is 5.92 Å². The zero-order valence-corrected chi connectivity index (χ0v) is 16.2. The van der Waals surface area contributed by atoms with Gasteiger partial charge in [-0.2, -0.15) is 0 Å². The Hall–Kier alpha value is -1.77. The molecule has 0 spiro atoms. The quantitative estimate of drug-likeness (QED) is 0.336. The van der Waals surface area contributed by atoms with Crippen LogP contribution in [0.3, 0.4) is 0 Å². The van der Waals surface area contributed by atoms with Crippen LogP contribution in [0.15, 0.2) is 28.1 Å². The predicted molar refractivity (Wildman–Crippen MR) is 100 cm³/mol. The van der Waals surface area contributed by atoms with E-state index in [0.717, 1.165) is 29.4 Å². The van der Waals surface area contributed by atoms with Crippen molar-refractivity contribution in [3.8, 4) is 5.75 Å². The molecule has 7 nitrogen and oxygen atoms in total. The Morgan fingerprint density at radius 3 is 3.15 bits per heavy atom. The lowest BCUT2D eigenvalue weighted by Gasteiger charge is -2.33. The highest BCUT2D eigenvalue weighted by atomic mass is 32.2. The van der Waals surface area contributed by atoms with Crippen LogP contribution in [-0.2, 0) is 14.3 Å². The number of aromatic nitrogens is 1. The molecule has 26 heavy (non-hydrogen) atoms. The minimum absolute atomic E-state index is 0.103. The minimum atomic E-state index is -0.103. The molecule has 1 unspecified atom stereocenters. The number of hydrogen-bond acceptors (Lipinski definition) is 7. The van der Waals surface area contributed by atoms with Gasteiger partial charge in [-0.3, -0.25) is 4.79 Å². The number of rotatable bonds is 7. The fourth-order valence-electron chi connectivity index (χ4n) is 3.35. The predicted octanol–water partition coefficient (Wildman–Crippen LogP) is 2.03. The lowest BCUT2D eigenvalue weighted by Crippen LogP contribution is -2.39. The van der Waals surface area contributed by atoms with Crippen LogP contribution in [0, 0.1) is 5.92 Å². The highest BCUT2D eigenvalue weighted by Gasteiger charge is 2.38. The molecule has 0 saturated carbocycles. The summed E-state index contributed by atoms with van der Waals surface area (Å²) in [5.41, 5.74) is 0. The number of ether oxygens (including phenoxy) is 3. The van der Waals surface area contributed by atoms with Gasteiger partial charge in [0.15, 0.2) is 11.6 Å². The maximum Gasteiger partial charge on any atom is 0.257 e. The number of carbonyl (C=O) groups excluding carboxylic acids is 1. The second kappa shape index (κ2) is 8.75. The number of fused-ring (bicyclic) bond motifs is 3. The second-order valence-corrected chi connectivity index (χ2v) is 7.38. The lowest BCUT2D eigenvalue weighted by atomic mass is 10.1. The summed E-state index contributed by atoms with van der Waals surface area (Å²) < 4.78 is 16.5. The summed E-state index contributed by atoms with van der Waals surface area (Å²) >= 11 is 1.40. The highest BCUT2D eigenvalue weighted by molar-refractivity contribution is 8.04. The van der Waals surface area contributed by atoms with Crippen LogP contribution in [0.1, 0.15) is 13.3 Å². The maximum atomic E-state index is 12.0. The molecule has 1 saturated heterocycles. The zero-order chi connectivity index (χ0) is 18.5. The van der Waals surface area contributed by atoms with Crippen LogP contribution < -0.4 is 15.0 Å². The molecular weight excluding hydrogens is 354 g/mol. The number of nitrogens with zero attached hydrogens (tertiary/aromatic N) is 2. The Kier molecular flexibility index (Phi) is 6.39. The third kappa shape index (κ3) is 3.97. The first-order valence-electron chi connectivity index (χ1n) is 8.69. The van der Waals surface area contributed by atoms with Crippen LogP contribution >= 0.6 is 11.8 Å². The number of pyridine rings is 1. The van der Waals surface area contributed by atoms with Gasteiger partial charge in [-0.25, -0.2) is 4.98 Å². The van der Waals surface area contributed by atoms with Crippen LogP contribution in [-0.4, -0.2) is 57.6 Å². The molecule has 0 bridgehead atoms. The summed E-state index contributed by atoms with van der Waals surface area (Å²) in [6.45, 7) is 4.35. The number of allylic oxidation sites excluding steroid dienone is 1. The summed E-state index contributed by atoms with van der Waals surface area (Å²) in [6.07, 6.45) is 4.60. The molecule has 3 heterocycles. The van der Waals surface area contributed by atoms with Gasteiger partial charge in [0, 0.05) is 32.8 Å². The molecule has 1 fully saturated rings. The highest BCUT2D eigenvalue weighted by Crippen LogP contribution is 2.44. The van der Waals surface area contributed by atoms with Crippen molar-refractivity contribution in [3.63, 3.8) is 0 Å². The third-order valence-electron chi connectivity index (χ3n) is 4.53. The first kappa shape index (κ1) is 19.0. The molecule has 0 aromatic carbocycles. The standard InChI is InChI=1S/C18H25N3O4S/c1-4-14(18(22)19-2)26-15-5-6-20-17-16(15)25-10-13-7-12(8-21(13)17)9-24-11-23-3/h4-6,12-13H,7-11H2,1-3H3,(H,19,22)/b14-4+/t12?,13-/m0/s1. The number of carbonyl (C=O) groups is 1. The Morgan fingerprint density at radius 1 is 1.58 bits per heavy atom. The van der Waals surface area contributed by atoms with Gasteiger partial charge in [0.1, 0.15) is 13.4 Å². The normalized spacial score (nSPS) is 21.8. The molecule has 1 amide bonds. The maximum absolute atomic E-state index is 12.0. The zero-order valence-electron chi connectivity index (χ0n) is 15.4. The van der Waals surface area contributed by atoms with Gasteiger partial charge >= 0.3 is 0 Å². The smallest absolute Gasteiger partial charge is 0.257 e. The molecular formula is C18H25N3O4S. The minimum Gasteiger partial charge on any atom is -0.486 e. The fourth-order valence-corrected chi connectivity index (χ4v) is 4.27. The first-order valence-corrected chi connectivity index (χ1v) is 9.51. The van der Waals surface area contributed by atoms with E-state index in [0.29, 0.717) is 36.9 Å².